The van der Waals surface area contributed by atoms with Crippen molar-refractivity contribution in [2.24, 2.45) is 0 Å². The molecular weight excluding hydrogens is 212 g/mol. The van der Waals surface area contributed by atoms with Gasteiger partial charge in [0.2, 0.25) is 0 Å². The second-order valence-electron chi connectivity index (χ2n) is 3.28. The van der Waals surface area contributed by atoms with Crippen molar-refractivity contribution in [1.29, 1.82) is 0 Å². The van der Waals surface area contributed by atoms with Crippen LogP contribution in [0.15, 0.2) is 28.5 Å². The molecule has 0 unspecified atom stereocenters. The van der Waals surface area contributed by atoms with Crippen LogP contribution >= 0.6 is 23.1 Å². The third-order valence-corrected chi connectivity index (χ3v) is 4.85. The van der Waals surface area contributed by atoms with E-state index >= 15 is 0 Å². The van der Waals surface area contributed by atoms with Gasteiger partial charge in [-0.1, -0.05) is 18.2 Å². The number of thiophene rings is 1. The van der Waals surface area contributed by atoms with E-state index in [1.807, 2.05) is 23.9 Å². The molecule has 2 heterocycles. The number of Topliss-reactive ketones (excluding diaryl/α,β-unsaturated/α-hetero) is 1. The van der Waals surface area contributed by atoms with E-state index in [0.717, 1.165) is 16.7 Å². The van der Waals surface area contributed by atoms with E-state index in [1.165, 1.54) is 8.91 Å². The lowest BCUT2D eigenvalue weighted by molar-refractivity contribution is 0.0987. The molecule has 2 aromatic rings. The molecule has 1 nitrogen and oxygen atoms in total. The summed E-state index contributed by atoms with van der Waals surface area (Å²) in [4.78, 5) is 11.8. The number of fused-ring (bicyclic) bond motifs is 3. The van der Waals surface area contributed by atoms with Crippen LogP contribution in [0.3, 0.4) is 0 Å². The Kier molecular flexibility index (Phi) is 1.89. The first-order valence-corrected chi connectivity index (χ1v) is 6.34. The van der Waals surface area contributed by atoms with Gasteiger partial charge in [0, 0.05) is 27.8 Å². The largest absolute Gasteiger partial charge is 0.294 e. The van der Waals surface area contributed by atoms with Crippen molar-refractivity contribution in [3.05, 3.63) is 29.8 Å². The smallest absolute Gasteiger partial charge is 0.166 e. The first-order valence-electron chi connectivity index (χ1n) is 4.54. The lowest BCUT2D eigenvalue weighted by Gasteiger charge is -2.08. The fourth-order valence-electron chi connectivity index (χ4n) is 1.75. The Morgan fingerprint density at radius 3 is 3.00 bits per heavy atom. The minimum Gasteiger partial charge on any atom is -0.294 e. The van der Waals surface area contributed by atoms with E-state index in [9.17, 15) is 4.79 Å². The molecule has 0 saturated carbocycles. The highest BCUT2D eigenvalue weighted by atomic mass is 32.2. The molecule has 14 heavy (non-hydrogen) atoms. The Labute approximate surface area is 90.1 Å². The molecule has 0 saturated heterocycles. The highest BCUT2D eigenvalue weighted by Crippen LogP contribution is 2.41. The molecule has 3 heteroatoms. The molecule has 1 aliphatic rings. The molecular formula is C11H8OS2. The van der Waals surface area contributed by atoms with Crippen LogP contribution in [0, 0.1) is 0 Å². The summed E-state index contributed by atoms with van der Waals surface area (Å²) in [6.45, 7) is 0. The zero-order valence-corrected chi connectivity index (χ0v) is 9.08. The zero-order chi connectivity index (χ0) is 9.54. The third-order valence-electron chi connectivity index (χ3n) is 2.40. The highest BCUT2D eigenvalue weighted by molar-refractivity contribution is 8.01. The number of thioether (sulfide) groups is 1. The minimum atomic E-state index is 0.316. The van der Waals surface area contributed by atoms with Gasteiger partial charge in [-0.2, -0.15) is 0 Å². The summed E-state index contributed by atoms with van der Waals surface area (Å²) < 4.78 is 2.45. The average Bonchev–Trinajstić information content (AvgIpc) is 2.57. The topological polar surface area (TPSA) is 17.1 Å². The SMILES string of the molecule is O=C1CCSc2sc3ccccc3c21. The van der Waals surface area contributed by atoms with E-state index in [4.69, 9.17) is 0 Å². The predicted molar refractivity (Wildman–Crippen MR) is 61.5 cm³/mol. The Hall–Kier alpha value is -0.800. The van der Waals surface area contributed by atoms with Crippen molar-refractivity contribution in [3.8, 4) is 0 Å². The Morgan fingerprint density at radius 1 is 1.21 bits per heavy atom. The van der Waals surface area contributed by atoms with E-state index in [0.29, 0.717) is 12.2 Å². The summed E-state index contributed by atoms with van der Waals surface area (Å²) in [5, 5.41) is 1.14. The van der Waals surface area contributed by atoms with Gasteiger partial charge in [-0.15, -0.1) is 23.1 Å². The van der Waals surface area contributed by atoms with E-state index in [1.54, 1.807) is 11.3 Å². The number of hydrogen-bond donors (Lipinski definition) is 0. The minimum absolute atomic E-state index is 0.316. The van der Waals surface area contributed by atoms with E-state index < -0.39 is 0 Å². The maximum absolute atomic E-state index is 11.8. The van der Waals surface area contributed by atoms with Crippen molar-refractivity contribution in [2.45, 2.75) is 10.6 Å². The van der Waals surface area contributed by atoms with Crippen LogP contribution < -0.4 is 0 Å². The van der Waals surface area contributed by atoms with Crippen molar-refractivity contribution < 1.29 is 4.79 Å². The van der Waals surface area contributed by atoms with Crippen LogP contribution in [0.5, 0.6) is 0 Å². The lowest BCUT2D eigenvalue weighted by Crippen LogP contribution is -2.05. The molecule has 1 aromatic heterocycles. The maximum atomic E-state index is 11.8. The predicted octanol–water partition coefficient (Wildman–Crippen LogP) is 3.58. The molecule has 3 rings (SSSR count). The number of rotatable bonds is 0. The second-order valence-corrected chi connectivity index (χ2v) is 5.70. The lowest BCUT2D eigenvalue weighted by atomic mass is 10.1. The third kappa shape index (κ3) is 1.12. The van der Waals surface area contributed by atoms with E-state index in [-0.39, 0.29) is 0 Å². The van der Waals surface area contributed by atoms with Gasteiger partial charge < -0.3 is 0 Å². The highest BCUT2D eigenvalue weighted by Gasteiger charge is 2.22. The molecule has 1 aliphatic heterocycles. The number of carbonyl (C=O) groups excluding carboxylic acids is 1. The van der Waals surface area contributed by atoms with Crippen molar-refractivity contribution >= 4 is 39.0 Å². The van der Waals surface area contributed by atoms with Gasteiger partial charge in [0.1, 0.15) is 0 Å². The molecule has 0 radical (unpaired) electrons. The van der Waals surface area contributed by atoms with Crippen LogP contribution in [-0.2, 0) is 0 Å². The number of carbonyl (C=O) groups is 1. The molecule has 70 valence electrons. The molecule has 0 amide bonds. The summed E-state index contributed by atoms with van der Waals surface area (Å²) in [7, 11) is 0. The number of ketones is 1. The fraction of sp³-hybridized carbons (Fsp3) is 0.182. The first-order chi connectivity index (χ1) is 6.86. The van der Waals surface area contributed by atoms with Gasteiger partial charge in [0.05, 0.1) is 4.21 Å². The van der Waals surface area contributed by atoms with Gasteiger partial charge in [-0.25, -0.2) is 0 Å². The molecule has 0 aliphatic carbocycles. The average molecular weight is 220 g/mol. The van der Waals surface area contributed by atoms with Gasteiger partial charge >= 0.3 is 0 Å². The van der Waals surface area contributed by atoms with Gasteiger partial charge in [0.25, 0.3) is 0 Å². The van der Waals surface area contributed by atoms with Crippen LogP contribution in [0.2, 0.25) is 0 Å². The Balaban J connectivity index is 2.39. The molecule has 0 atom stereocenters. The summed E-state index contributed by atoms with van der Waals surface area (Å²) in [6, 6.07) is 8.17. The van der Waals surface area contributed by atoms with Crippen molar-refractivity contribution in [3.63, 3.8) is 0 Å². The van der Waals surface area contributed by atoms with Crippen molar-refractivity contribution in [1.82, 2.24) is 0 Å². The Morgan fingerprint density at radius 2 is 2.07 bits per heavy atom. The van der Waals surface area contributed by atoms with Crippen LogP contribution in [0.4, 0.5) is 0 Å². The standard InChI is InChI=1S/C11H8OS2/c12-8-5-6-13-11-10(8)7-3-1-2-4-9(7)14-11/h1-4H,5-6H2. The second kappa shape index (κ2) is 3.11. The van der Waals surface area contributed by atoms with Gasteiger partial charge in [0.15, 0.2) is 5.78 Å². The Bertz CT molecular complexity index is 513. The van der Waals surface area contributed by atoms with Crippen molar-refractivity contribution in [2.75, 3.05) is 5.75 Å². The van der Waals surface area contributed by atoms with Crippen LogP contribution in [0.25, 0.3) is 10.1 Å². The number of benzene rings is 1. The summed E-state index contributed by atoms with van der Waals surface area (Å²) >= 11 is 3.56. The maximum Gasteiger partial charge on any atom is 0.166 e. The molecule has 0 spiro atoms. The monoisotopic (exact) mass is 220 g/mol. The molecule has 0 fully saturated rings. The van der Waals surface area contributed by atoms with Gasteiger partial charge in [-0.3, -0.25) is 4.79 Å². The van der Waals surface area contributed by atoms with Crippen LogP contribution in [-0.4, -0.2) is 11.5 Å². The number of hydrogen-bond acceptors (Lipinski definition) is 3. The summed E-state index contributed by atoms with van der Waals surface area (Å²) in [6.07, 6.45) is 0.693. The zero-order valence-electron chi connectivity index (χ0n) is 7.45. The summed E-state index contributed by atoms with van der Waals surface area (Å²) in [5.74, 6) is 1.26. The van der Waals surface area contributed by atoms with Gasteiger partial charge in [-0.05, 0) is 6.07 Å². The van der Waals surface area contributed by atoms with Crippen LogP contribution in [0.1, 0.15) is 16.8 Å². The normalized spacial score (nSPS) is 15.9. The first kappa shape index (κ1) is 8.50. The molecule has 1 aromatic carbocycles. The summed E-state index contributed by atoms with van der Waals surface area (Å²) in [5.41, 5.74) is 0.974. The molecule has 0 N–H and O–H groups in total. The quantitative estimate of drug-likeness (QED) is 0.675. The van der Waals surface area contributed by atoms with E-state index in [2.05, 4.69) is 12.1 Å². The molecule has 0 bridgehead atoms. The fourth-order valence-corrected chi connectivity index (χ4v) is 4.30.